The van der Waals surface area contributed by atoms with E-state index in [4.69, 9.17) is 23.4 Å². The quantitative estimate of drug-likeness (QED) is 0.317. The van der Waals surface area contributed by atoms with Gasteiger partial charge in [0.2, 0.25) is 0 Å². The van der Waals surface area contributed by atoms with E-state index in [1.165, 1.54) is 21.0 Å². The molecule has 41 heavy (non-hydrogen) atoms. The molecule has 1 aromatic heterocycles. The van der Waals surface area contributed by atoms with Gasteiger partial charge in [-0.25, -0.2) is 0 Å². The lowest BCUT2D eigenvalue weighted by Gasteiger charge is -2.63. The highest BCUT2D eigenvalue weighted by atomic mass is 16.6. The third-order valence-corrected chi connectivity index (χ3v) is 10.7. The van der Waals surface area contributed by atoms with Gasteiger partial charge in [0.15, 0.2) is 0 Å². The number of ketones is 1. The lowest BCUT2D eigenvalue weighted by molar-refractivity contribution is -0.225. The predicted octanol–water partition coefficient (Wildman–Crippen LogP) is 3.51. The van der Waals surface area contributed by atoms with Crippen molar-refractivity contribution in [1.29, 1.82) is 0 Å². The maximum atomic E-state index is 13.4. The largest absolute Gasteiger partial charge is 0.472 e. The highest BCUT2D eigenvalue weighted by Gasteiger charge is 2.71. The summed E-state index contributed by atoms with van der Waals surface area (Å²) in [5, 5.41) is 11.7. The number of esters is 3. The van der Waals surface area contributed by atoms with E-state index in [1.54, 1.807) is 12.5 Å². The average Bonchev–Trinajstić information content (AvgIpc) is 3.50. The molecule has 0 bridgehead atoms. The van der Waals surface area contributed by atoms with Crippen LogP contribution >= 0.6 is 0 Å². The minimum absolute atomic E-state index is 0.0351. The number of carbonyl (C=O) groups excluding carboxylic acids is 4. The van der Waals surface area contributed by atoms with Crippen molar-refractivity contribution >= 4 is 23.7 Å². The van der Waals surface area contributed by atoms with Crippen molar-refractivity contribution in [2.75, 3.05) is 13.7 Å². The van der Waals surface area contributed by atoms with Gasteiger partial charge < -0.3 is 28.5 Å². The summed E-state index contributed by atoms with van der Waals surface area (Å²) >= 11 is 0. The first-order valence-corrected chi connectivity index (χ1v) is 14.2. The molecule has 1 N–H and O–H groups in total. The molecule has 1 saturated heterocycles. The molecular formula is C31H40O10. The Bertz CT molecular complexity index is 1280. The SMILES string of the molecule is COC(=O)CC1C(C)(C)C(=O)CC2OCC3=C4C(O)CC(c5ccoc5)C4(C)C(OC(C)=O)C(OC(C)=O)C3C21C. The number of ether oxygens (including phenoxy) is 4. The average molecular weight is 573 g/mol. The maximum Gasteiger partial charge on any atom is 0.305 e. The van der Waals surface area contributed by atoms with Gasteiger partial charge in [0.05, 0.1) is 38.5 Å². The van der Waals surface area contributed by atoms with E-state index in [0.29, 0.717) is 12.0 Å². The van der Waals surface area contributed by atoms with Crippen molar-refractivity contribution in [3.05, 3.63) is 35.3 Å². The molecule has 1 aliphatic heterocycles. The molecule has 1 aromatic rings. The fourth-order valence-electron chi connectivity index (χ4n) is 8.89. The molecule has 0 aromatic carbocycles. The summed E-state index contributed by atoms with van der Waals surface area (Å²) in [6.45, 7) is 10.3. The molecule has 3 fully saturated rings. The first kappa shape index (κ1) is 29.5. The Hall–Kier alpha value is -2.98. The third-order valence-electron chi connectivity index (χ3n) is 10.7. The van der Waals surface area contributed by atoms with E-state index < -0.39 is 70.4 Å². The molecule has 9 unspecified atom stereocenters. The van der Waals surface area contributed by atoms with Crippen LogP contribution in [0.1, 0.15) is 72.3 Å². The predicted molar refractivity (Wildman–Crippen MR) is 143 cm³/mol. The Morgan fingerprint density at radius 3 is 2.37 bits per heavy atom. The standard InChI is InChI=1S/C31H40O10/c1-15(32)40-27-26-18(14-39-23-12-22(35)29(3,4)21(31(23,26)6)11-24(36)37-7)25-20(34)10-19(17-8-9-38-13-17)30(25,5)28(27)41-16(2)33/h8-9,13,19-21,23,26-28,34H,10-12,14H2,1-7H3. The summed E-state index contributed by atoms with van der Waals surface area (Å²) < 4.78 is 29.1. The van der Waals surface area contributed by atoms with Gasteiger partial charge in [0, 0.05) is 54.8 Å². The number of aliphatic hydroxyl groups is 1. The summed E-state index contributed by atoms with van der Waals surface area (Å²) in [6, 6.07) is 1.82. The summed E-state index contributed by atoms with van der Waals surface area (Å²) in [6.07, 6.45) is 0.119. The minimum atomic E-state index is -0.972. The molecule has 10 heteroatoms. The van der Waals surface area contributed by atoms with Gasteiger partial charge >= 0.3 is 17.9 Å². The van der Waals surface area contributed by atoms with Crippen LogP contribution in [-0.2, 0) is 38.1 Å². The second kappa shape index (κ2) is 10.1. The van der Waals surface area contributed by atoms with Gasteiger partial charge in [0.1, 0.15) is 18.0 Å². The molecule has 224 valence electrons. The van der Waals surface area contributed by atoms with Crippen molar-refractivity contribution in [1.82, 2.24) is 0 Å². The molecule has 0 radical (unpaired) electrons. The number of hydrogen-bond donors (Lipinski definition) is 1. The fraction of sp³-hybridized carbons (Fsp3) is 0.677. The molecule has 4 aliphatic rings. The molecule has 0 spiro atoms. The van der Waals surface area contributed by atoms with Crippen molar-refractivity contribution in [2.24, 2.45) is 28.1 Å². The van der Waals surface area contributed by atoms with Crippen LogP contribution in [0.5, 0.6) is 0 Å². The number of hydrogen-bond acceptors (Lipinski definition) is 10. The lowest BCUT2D eigenvalue weighted by Crippen LogP contribution is -2.68. The van der Waals surface area contributed by atoms with Gasteiger partial charge in [-0.1, -0.05) is 27.7 Å². The molecular weight excluding hydrogens is 532 g/mol. The molecule has 3 aliphatic carbocycles. The number of carbonyl (C=O) groups is 4. The highest BCUT2D eigenvalue weighted by Crippen LogP contribution is 2.68. The molecule has 9 atom stereocenters. The van der Waals surface area contributed by atoms with Crippen LogP contribution < -0.4 is 0 Å². The minimum Gasteiger partial charge on any atom is -0.472 e. The van der Waals surface area contributed by atoms with Crippen LogP contribution in [0.25, 0.3) is 0 Å². The van der Waals surface area contributed by atoms with Crippen molar-refractivity contribution < 1.29 is 47.6 Å². The van der Waals surface area contributed by atoms with Crippen molar-refractivity contribution in [3.8, 4) is 0 Å². The smallest absolute Gasteiger partial charge is 0.305 e. The number of furan rings is 1. The van der Waals surface area contributed by atoms with E-state index in [1.807, 2.05) is 33.8 Å². The van der Waals surface area contributed by atoms with Crippen LogP contribution in [0.3, 0.4) is 0 Å². The van der Waals surface area contributed by atoms with Gasteiger partial charge in [0.25, 0.3) is 0 Å². The zero-order chi connectivity index (χ0) is 30.1. The van der Waals surface area contributed by atoms with E-state index in [2.05, 4.69) is 0 Å². The fourth-order valence-corrected chi connectivity index (χ4v) is 8.89. The van der Waals surface area contributed by atoms with Gasteiger partial charge in [-0.05, 0) is 35.1 Å². The van der Waals surface area contributed by atoms with Crippen molar-refractivity contribution in [2.45, 2.75) is 91.1 Å². The molecule has 5 rings (SSSR count). The highest BCUT2D eigenvalue weighted by molar-refractivity contribution is 5.87. The summed E-state index contributed by atoms with van der Waals surface area (Å²) in [7, 11) is 1.31. The monoisotopic (exact) mass is 572 g/mol. The molecule has 2 heterocycles. The number of aliphatic hydroxyl groups excluding tert-OH is 1. The van der Waals surface area contributed by atoms with Gasteiger partial charge in [-0.2, -0.15) is 0 Å². The Balaban J connectivity index is 1.80. The number of Topliss-reactive ketones (excluding diaryl/α,β-unsaturated/α-hetero) is 1. The Morgan fingerprint density at radius 2 is 1.78 bits per heavy atom. The Labute approximate surface area is 239 Å². The van der Waals surface area contributed by atoms with Crippen LogP contribution in [0.4, 0.5) is 0 Å². The summed E-state index contributed by atoms with van der Waals surface area (Å²) in [5.74, 6) is -3.12. The van der Waals surface area contributed by atoms with Crippen molar-refractivity contribution in [3.63, 3.8) is 0 Å². The van der Waals surface area contributed by atoms with Crippen LogP contribution in [0.2, 0.25) is 0 Å². The molecule has 2 saturated carbocycles. The Kier molecular flexibility index (Phi) is 7.26. The summed E-state index contributed by atoms with van der Waals surface area (Å²) in [5.41, 5.74) is -0.561. The second-order valence-corrected chi connectivity index (χ2v) is 13.0. The number of fused-ring (bicyclic) bond motifs is 4. The van der Waals surface area contributed by atoms with Gasteiger partial charge in [-0.15, -0.1) is 0 Å². The number of methoxy groups -OCH3 is 1. The zero-order valence-electron chi connectivity index (χ0n) is 24.7. The number of rotatable bonds is 5. The van der Waals surface area contributed by atoms with Gasteiger partial charge in [-0.3, -0.25) is 19.2 Å². The zero-order valence-corrected chi connectivity index (χ0v) is 24.7. The van der Waals surface area contributed by atoms with E-state index in [-0.39, 0.29) is 31.1 Å². The first-order chi connectivity index (χ1) is 19.2. The van der Waals surface area contributed by atoms with Crippen LogP contribution in [0.15, 0.2) is 34.2 Å². The van der Waals surface area contributed by atoms with E-state index in [9.17, 15) is 24.3 Å². The van der Waals surface area contributed by atoms with Crippen LogP contribution in [-0.4, -0.2) is 66.9 Å². The normalized spacial score (nSPS) is 39.3. The first-order valence-electron chi connectivity index (χ1n) is 14.2. The van der Waals surface area contributed by atoms with Crippen LogP contribution in [0, 0.1) is 28.1 Å². The topological polar surface area (TPSA) is 139 Å². The Morgan fingerprint density at radius 1 is 1.10 bits per heavy atom. The van der Waals surface area contributed by atoms with E-state index in [0.717, 1.165) is 11.1 Å². The molecule has 0 amide bonds. The maximum absolute atomic E-state index is 13.4. The lowest BCUT2D eigenvalue weighted by atomic mass is 9.44. The van der Waals surface area contributed by atoms with E-state index >= 15 is 0 Å². The summed E-state index contributed by atoms with van der Waals surface area (Å²) in [4.78, 5) is 51.6. The molecule has 10 nitrogen and oxygen atoms in total. The third kappa shape index (κ3) is 4.28. The second-order valence-electron chi connectivity index (χ2n) is 13.0.